The van der Waals surface area contributed by atoms with Gasteiger partial charge in [0.25, 0.3) is 0 Å². The van der Waals surface area contributed by atoms with E-state index in [9.17, 15) is 0 Å². The predicted octanol–water partition coefficient (Wildman–Crippen LogP) is 1.78. The SMILES string of the molecule is C[C@@H](CO)N[C@H](C)c1cccs1. The summed E-state index contributed by atoms with van der Waals surface area (Å²) in [5.74, 6) is 0. The van der Waals surface area contributed by atoms with Crippen LogP contribution in [0.3, 0.4) is 0 Å². The minimum atomic E-state index is 0.169. The summed E-state index contributed by atoms with van der Waals surface area (Å²) < 4.78 is 0. The molecule has 1 heterocycles. The molecule has 0 aliphatic carbocycles. The van der Waals surface area contributed by atoms with Crippen molar-refractivity contribution >= 4 is 11.3 Å². The molecule has 0 spiro atoms. The molecule has 68 valence electrons. The molecule has 0 aliphatic rings. The first kappa shape index (κ1) is 9.71. The van der Waals surface area contributed by atoms with E-state index >= 15 is 0 Å². The Labute approximate surface area is 77.2 Å². The van der Waals surface area contributed by atoms with Crippen LogP contribution in [0.1, 0.15) is 24.8 Å². The molecule has 0 radical (unpaired) electrons. The normalized spacial score (nSPS) is 15.9. The van der Waals surface area contributed by atoms with Crippen LogP contribution >= 0.6 is 11.3 Å². The van der Waals surface area contributed by atoms with Crippen molar-refractivity contribution in [1.29, 1.82) is 0 Å². The van der Waals surface area contributed by atoms with Crippen molar-refractivity contribution in [2.75, 3.05) is 6.61 Å². The quantitative estimate of drug-likeness (QED) is 0.749. The van der Waals surface area contributed by atoms with Gasteiger partial charge in [0.1, 0.15) is 0 Å². The Morgan fingerprint density at radius 3 is 2.83 bits per heavy atom. The number of rotatable bonds is 4. The van der Waals surface area contributed by atoms with Gasteiger partial charge >= 0.3 is 0 Å². The third kappa shape index (κ3) is 2.59. The van der Waals surface area contributed by atoms with E-state index in [0.717, 1.165) is 0 Å². The zero-order valence-corrected chi connectivity index (χ0v) is 8.27. The van der Waals surface area contributed by atoms with Gasteiger partial charge in [-0.2, -0.15) is 0 Å². The molecular formula is C9H15NOS. The van der Waals surface area contributed by atoms with E-state index in [1.165, 1.54) is 4.88 Å². The standard InChI is InChI=1S/C9H15NOS/c1-7(6-11)10-8(2)9-4-3-5-12-9/h3-5,7-8,10-11H,6H2,1-2H3/t7-,8+/m0/s1. The molecule has 0 aliphatic heterocycles. The van der Waals surface area contributed by atoms with Crippen LogP contribution in [-0.2, 0) is 0 Å². The lowest BCUT2D eigenvalue weighted by atomic mass is 10.2. The number of aliphatic hydroxyl groups excluding tert-OH is 1. The van der Waals surface area contributed by atoms with Crippen molar-refractivity contribution in [2.45, 2.75) is 25.9 Å². The average molecular weight is 185 g/mol. The third-order valence-corrected chi connectivity index (χ3v) is 2.83. The lowest BCUT2D eigenvalue weighted by Gasteiger charge is -2.16. The van der Waals surface area contributed by atoms with Crippen LogP contribution in [0.25, 0.3) is 0 Å². The second-order valence-corrected chi connectivity index (χ2v) is 3.97. The summed E-state index contributed by atoms with van der Waals surface area (Å²) in [5.41, 5.74) is 0. The summed E-state index contributed by atoms with van der Waals surface area (Å²) in [5, 5.41) is 14.2. The van der Waals surface area contributed by atoms with Gasteiger partial charge in [0.2, 0.25) is 0 Å². The van der Waals surface area contributed by atoms with E-state index in [-0.39, 0.29) is 12.6 Å². The fraction of sp³-hybridized carbons (Fsp3) is 0.556. The number of hydrogen-bond acceptors (Lipinski definition) is 3. The molecule has 0 saturated carbocycles. The summed E-state index contributed by atoms with van der Waals surface area (Å²) >= 11 is 1.74. The first-order valence-electron chi connectivity index (χ1n) is 4.14. The Balaban J connectivity index is 2.44. The zero-order chi connectivity index (χ0) is 8.97. The second kappa shape index (κ2) is 4.60. The molecule has 0 amide bonds. The van der Waals surface area contributed by atoms with Crippen molar-refractivity contribution in [3.63, 3.8) is 0 Å². The molecule has 2 N–H and O–H groups in total. The largest absolute Gasteiger partial charge is 0.395 e. The van der Waals surface area contributed by atoms with E-state index in [4.69, 9.17) is 5.11 Å². The molecular weight excluding hydrogens is 170 g/mol. The summed E-state index contributed by atoms with van der Waals surface area (Å²) in [6, 6.07) is 4.66. The molecule has 0 unspecified atom stereocenters. The van der Waals surface area contributed by atoms with Crippen LogP contribution in [0, 0.1) is 0 Å². The Morgan fingerprint density at radius 2 is 2.33 bits per heavy atom. The summed E-state index contributed by atoms with van der Waals surface area (Å²) in [6.45, 7) is 4.28. The maximum atomic E-state index is 8.82. The molecule has 0 saturated heterocycles. The Bertz CT molecular complexity index is 210. The lowest BCUT2D eigenvalue weighted by molar-refractivity contribution is 0.243. The Hall–Kier alpha value is -0.380. The Kier molecular flexibility index (Phi) is 3.72. The highest BCUT2D eigenvalue weighted by Gasteiger charge is 2.08. The van der Waals surface area contributed by atoms with Crippen LogP contribution in [0.4, 0.5) is 0 Å². The first-order chi connectivity index (χ1) is 5.74. The van der Waals surface area contributed by atoms with Gasteiger partial charge < -0.3 is 10.4 Å². The van der Waals surface area contributed by atoms with Gasteiger partial charge in [-0.25, -0.2) is 0 Å². The maximum absolute atomic E-state index is 8.82. The molecule has 0 bridgehead atoms. The lowest BCUT2D eigenvalue weighted by Crippen LogP contribution is -2.31. The average Bonchev–Trinajstić information content (AvgIpc) is 2.56. The van der Waals surface area contributed by atoms with Gasteiger partial charge in [-0.15, -0.1) is 11.3 Å². The summed E-state index contributed by atoms with van der Waals surface area (Å²) in [7, 11) is 0. The number of aliphatic hydroxyl groups is 1. The van der Waals surface area contributed by atoms with Crippen molar-refractivity contribution in [2.24, 2.45) is 0 Å². The monoisotopic (exact) mass is 185 g/mol. The molecule has 1 aromatic rings. The van der Waals surface area contributed by atoms with Gasteiger partial charge in [-0.3, -0.25) is 0 Å². The Morgan fingerprint density at radius 1 is 1.58 bits per heavy atom. The van der Waals surface area contributed by atoms with Gasteiger partial charge in [0, 0.05) is 17.0 Å². The third-order valence-electron chi connectivity index (χ3n) is 1.78. The highest BCUT2D eigenvalue weighted by molar-refractivity contribution is 7.10. The fourth-order valence-corrected chi connectivity index (χ4v) is 1.84. The van der Waals surface area contributed by atoms with Gasteiger partial charge in [-0.05, 0) is 25.3 Å². The molecule has 12 heavy (non-hydrogen) atoms. The first-order valence-corrected chi connectivity index (χ1v) is 5.02. The molecule has 0 fully saturated rings. The fourth-order valence-electron chi connectivity index (χ4n) is 1.10. The van der Waals surface area contributed by atoms with E-state index < -0.39 is 0 Å². The molecule has 0 aromatic carbocycles. The molecule has 1 aromatic heterocycles. The van der Waals surface area contributed by atoms with Crippen LogP contribution < -0.4 is 5.32 Å². The van der Waals surface area contributed by atoms with Gasteiger partial charge in [-0.1, -0.05) is 6.07 Å². The van der Waals surface area contributed by atoms with E-state index in [0.29, 0.717) is 6.04 Å². The highest BCUT2D eigenvalue weighted by Crippen LogP contribution is 2.18. The number of nitrogens with one attached hydrogen (secondary N) is 1. The van der Waals surface area contributed by atoms with Crippen molar-refractivity contribution in [1.82, 2.24) is 5.32 Å². The molecule has 2 atom stereocenters. The van der Waals surface area contributed by atoms with Crippen LogP contribution in [0.5, 0.6) is 0 Å². The van der Waals surface area contributed by atoms with Crippen molar-refractivity contribution < 1.29 is 5.11 Å². The summed E-state index contributed by atoms with van der Waals surface area (Å²) in [4.78, 5) is 1.32. The van der Waals surface area contributed by atoms with Crippen molar-refractivity contribution in [3.8, 4) is 0 Å². The predicted molar refractivity (Wildman–Crippen MR) is 52.4 cm³/mol. The number of hydrogen-bond donors (Lipinski definition) is 2. The molecule has 2 nitrogen and oxygen atoms in total. The zero-order valence-electron chi connectivity index (χ0n) is 7.45. The van der Waals surface area contributed by atoms with Crippen molar-refractivity contribution in [3.05, 3.63) is 22.4 Å². The molecule has 1 rings (SSSR count). The second-order valence-electron chi connectivity index (χ2n) is 2.99. The smallest absolute Gasteiger partial charge is 0.0582 e. The van der Waals surface area contributed by atoms with E-state index in [1.54, 1.807) is 11.3 Å². The van der Waals surface area contributed by atoms with Gasteiger partial charge in [0.15, 0.2) is 0 Å². The highest BCUT2D eigenvalue weighted by atomic mass is 32.1. The molecule has 3 heteroatoms. The minimum Gasteiger partial charge on any atom is -0.395 e. The van der Waals surface area contributed by atoms with Crippen LogP contribution in [0.15, 0.2) is 17.5 Å². The summed E-state index contributed by atoms with van der Waals surface area (Å²) in [6.07, 6.45) is 0. The van der Waals surface area contributed by atoms with E-state index in [2.05, 4.69) is 23.7 Å². The van der Waals surface area contributed by atoms with Crippen LogP contribution in [-0.4, -0.2) is 17.8 Å². The van der Waals surface area contributed by atoms with E-state index in [1.807, 2.05) is 13.0 Å². The number of thiophene rings is 1. The van der Waals surface area contributed by atoms with Crippen LogP contribution in [0.2, 0.25) is 0 Å². The minimum absolute atomic E-state index is 0.169. The topological polar surface area (TPSA) is 32.3 Å². The maximum Gasteiger partial charge on any atom is 0.0582 e. The van der Waals surface area contributed by atoms with Gasteiger partial charge in [0.05, 0.1) is 6.61 Å².